The molecule has 3 heteroatoms. The summed E-state index contributed by atoms with van der Waals surface area (Å²) in [5.41, 5.74) is 8.22. The van der Waals surface area contributed by atoms with E-state index in [1.807, 2.05) is 12.1 Å². The zero-order valence-electron chi connectivity index (χ0n) is 12.1. The molecule has 0 aliphatic rings. The molecule has 0 saturated heterocycles. The third-order valence-electron chi connectivity index (χ3n) is 3.43. The Balaban J connectivity index is 3.18. The van der Waals surface area contributed by atoms with Crippen LogP contribution in [0.2, 0.25) is 0 Å². The molecule has 0 saturated carbocycles. The second-order valence-electron chi connectivity index (χ2n) is 4.61. The molecular weight excluding hydrogens is 224 g/mol. The van der Waals surface area contributed by atoms with E-state index < -0.39 is 0 Å². The van der Waals surface area contributed by atoms with Gasteiger partial charge in [-0.3, -0.25) is 0 Å². The van der Waals surface area contributed by atoms with Crippen molar-refractivity contribution < 1.29 is 4.74 Å². The summed E-state index contributed by atoms with van der Waals surface area (Å²) < 4.78 is 5.41. The normalized spacial score (nSPS) is 12.3. The summed E-state index contributed by atoms with van der Waals surface area (Å²) in [7, 11) is 1.70. The van der Waals surface area contributed by atoms with E-state index in [1.54, 1.807) is 7.11 Å². The maximum Gasteiger partial charge on any atom is 0.125 e. The van der Waals surface area contributed by atoms with E-state index in [4.69, 9.17) is 10.5 Å². The van der Waals surface area contributed by atoms with Gasteiger partial charge >= 0.3 is 0 Å². The zero-order chi connectivity index (χ0) is 13.5. The Kier molecular flexibility index (Phi) is 5.99. The second kappa shape index (κ2) is 7.27. The van der Waals surface area contributed by atoms with Crippen molar-refractivity contribution in [3.63, 3.8) is 0 Å². The summed E-state index contributed by atoms with van der Waals surface area (Å²) >= 11 is 0. The number of hydrogen-bond acceptors (Lipinski definition) is 3. The SMILES string of the molecule is CCCN(c1cccc(OC)c1CN)C(C)CC. The van der Waals surface area contributed by atoms with E-state index in [1.165, 1.54) is 5.69 Å². The molecule has 0 bridgehead atoms. The van der Waals surface area contributed by atoms with Crippen LogP contribution in [0.3, 0.4) is 0 Å². The fourth-order valence-corrected chi connectivity index (χ4v) is 2.26. The molecule has 1 aromatic rings. The molecule has 1 rings (SSSR count). The average Bonchev–Trinajstić information content (AvgIpc) is 2.42. The van der Waals surface area contributed by atoms with Gasteiger partial charge in [0.2, 0.25) is 0 Å². The number of rotatable bonds is 7. The van der Waals surface area contributed by atoms with Crippen LogP contribution in [0.15, 0.2) is 18.2 Å². The van der Waals surface area contributed by atoms with Crippen LogP contribution in [0, 0.1) is 0 Å². The van der Waals surface area contributed by atoms with Crippen molar-refractivity contribution in [2.45, 2.75) is 46.2 Å². The maximum absolute atomic E-state index is 5.90. The number of nitrogens with two attached hydrogens (primary N) is 1. The minimum Gasteiger partial charge on any atom is -0.496 e. The van der Waals surface area contributed by atoms with E-state index in [-0.39, 0.29) is 0 Å². The Morgan fingerprint density at radius 2 is 2.06 bits per heavy atom. The fraction of sp³-hybridized carbons (Fsp3) is 0.600. The van der Waals surface area contributed by atoms with Crippen LogP contribution in [-0.4, -0.2) is 19.7 Å². The summed E-state index contributed by atoms with van der Waals surface area (Å²) in [4.78, 5) is 2.44. The molecule has 1 aromatic carbocycles. The van der Waals surface area contributed by atoms with Gasteiger partial charge in [-0.1, -0.05) is 19.9 Å². The van der Waals surface area contributed by atoms with E-state index in [2.05, 4.69) is 31.7 Å². The van der Waals surface area contributed by atoms with Gasteiger partial charge in [0.25, 0.3) is 0 Å². The Labute approximate surface area is 111 Å². The van der Waals surface area contributed by atoms with Gasteiger partial charge in [-0.05, 0) is 31.9 Å². The number of hydrogen-bond donors (Lipinski definition) is 1. The van der Waals surface area contributed by atoms with Gasteiger partial charge in [0.15, 0.2) is 0 Å². The molecule has 2 N–H and O–H groups in total. The van der Waals surface area contributed by atoms with Gasteiger partial charge in [-0.25, -0.2) is 0 Å². The summed E-state index contributed by atoms with van der Waals surface area (Å²) in [6, 6.07) is 6.68. The van der Waals surface area contributed by atoms with E-state index in [0.29, 0.717) is 12.6 Å². The number of benzene rings is 1. The Morgan fingerprint density at radius 1 is 1.33 bits per heavy atom. The number of methoxy groups -OCH3 is 1. The third kappa shape index (κ3) is 3.16. The molecule has 0 aliphatic heterocycles. The van der Waals surface area contributed by atoms with E-state index in [9.17, 15) is 0 Å². The van der Waals surface area contributed by atoms with Crippen LogP contribution in [0.1, 0.15) is 39.2 Å². The van der Waals surface area contributed by atoms with Gasteiger partial charge in [0.05, 0.1) is 7.11 Å². The first kappa shape index (κ1) is 14.8. The first-order valence-corrected chi connectivity index (χ1v) is 6.82. The monoisotopic (exact) mass is 250 g/mol. The zero-order valence-corrected chi connectivity index (χ0v) is 12.1. The Bertz CT molecular complexity index is 366. The molecule has 1 unspecified atom stereocenters. The van der Waals surface area contributed by atoms with Crippen LogP contribution < -0.4 is 15.4 Å². The maximum atomic E-state index is 5.90. The molecular formula is C15H26N2O. The summed E-state index contributed by atoms with van der Waals surface area (Å²) in [5.74, 6) is 0.888. The summed E-state index contributed by atoms with van der Waals surface area (Å²) in [6.07, 6.45) is 2.26. The van der Waals surface area contributed by atoms with Gasteiger partial charge in [0.1, 0.15) is 5.75 Å². The molecule has 3 nitrogen and oxygen atoms in total. The highest BCUT2D eigenvalue weighted by atomic mass is 16.5. The lowest BCUT2D eigenvalue weighted by Gasteiger charge is -2.32. The van der Waals surface area contributed by atoms with Crippen molar-refractivity contribution >= 4 is 5.69 Å². The number of ether oxygens (including phenoxy) is 1. The number of anilines is 1. The largest absolute Gasteiger partial charge is 0.496 e. The van der Waals surface area contributed by atoms with Gasteiger partial charge < -0.3 is 15.4 Å². The van der Waals surface area contributed by atoms with Crippen LogP contribution in [0.5, 0.6) is 5.75 Å². The molecule has 0 aromatic heterocycles. The lowest BCUT2D eigenvalue weighted by molar-refractivity contribution is 0.409. The minimum absolute atomic E-state index is 0.510. The number of nitrogens with zero attached hydrogens (tertiary/aromatic N) is 1. The van der Waals surface area contributed by atoms with Gasteiger partial charge in [-0.15, -0.1) is 0 Å². The quantitative estimate of drug-likeness (QED) is 0.808. The predicted molar refractivity (Wildman–Crippen MR) is 78.3 cm³/mol. The third-order valence-corrected chi connectivity index (χ3v) is 3.43. The van der Waals surface area contributed by atoms with Crippen molar-refractivity contribution in [1.82, 2.24) is 0 Å². The van der Waals surface area contributed by atoms with Crippen LogP contribution in [0.4, 0.5) is 5.69 Å². The highest BCUT2D eigenvalue weighted by Gasteiger charge is 2.17. The lowest BCUT2D eigenvalue weighted by Crippen LogP contribution is -2.34. The van der Waals surface area contributed by atoms with Crippen LogP contribution in [0.25, 0.3) is 0 Å². The molecule has 0 aliphatic carbocycles. The molecule has 0 amide bonds. The standard InChI is InChI=1S/C15H26N2O/c1-5-10-17(12(3)6-2)14-8-7-9-15(18-4)13(14)11-16/h7-9,12H,5-6,10-11,16H2,1-4H3. The van der Waals surface area contributed by atoms with Crippen molar-refractivity contribution in [2.75, 3.05) is 18.6 Å². The first-order chi connectivity index (χ1) is 8.69. The smallest absolute Gasteiger partial charge is 0.125 e. The van der Waals surface area contributed by atoms with Gasteiger partial charge in [0, 0.05) is 30.4 Å². The van der Waals surface area contributed by atoms with Crippen molar-refractivity contribution in [3.8, 4) is 5.75 Å². The fourth-order valence-electron chi connectivity index (χ4n) is 2.26. The average molecular weight is 250 g/mol. The minimum atomic E-state index is 0.510. The summed E-state index contributed by atoms with van der Waals surface area (Å²) in [5, 5.41) is 0. The lowest BCUT2D eigenvalue weighted by atomic mass is 10.1. The van der Waals surface area contributed by atoms with Crippen molar-refractivity contribution in [2.24, 2.45) is 5.73 Å². The van der Waals surface area contributed by atoms with Gasteiger partial charge in [-0.2, -0.15) is 0 Å². The molecule has 18 heavy (non-hydrogen) atoms. The Hall–Kier alpha value is -1.22. The predicted octanol–water partition coefficient (Wildman–Crippen LogP) is 3.17. The second-order valence-corrected chi connectivity index (χ2v) is 4.61. The molecule has 0 spiro atoms. The topological polar surface area (TPSA) is 38.5 Å². The first-order valence-electron chi connectivity index (χ1n) is 6.82. The van der Waals surface area contributed by atoms with Crippen molar-refractivity contribution in [3.05, 3.63) is 23.8 Å². The van der Waals surface area contributed by atoms with Crippen LogP contribution in [-0.2, 0) is 6.54 Å². The van der Waals surface area contributed by atoms with Crippen molar-refractivity contribution in [1.29, 1.82) is 0 Å². The highest BCUT2D eigenvalue weighted by molar-refractivity contribution is 5.60. The summed E-state index contributed by atoms with van der Waals surface area (Å²) in [6.45, 7) is 8.24. The van der Waals surface area contributed by atoms with E-state index >= 15 is 0 Å². The highest BCUT2D eigenvalue weighted by Crippen LogP contribution is 2.30. The Morgan fingerprint density at radius 3 is 2.56 bits per heavy atom. The van der Waals surface area contributed by atoms with Crippen LogP contribution >= 0.6 is 0 Å². The molecule has 102 valence electrons. The van der Waals surface area contributed by atoms with E-state index in [0.717, 1.165) is 30.7 Å². The molecule has 0 radical (unpaired) electrons. The molecule has 1 atom stereocenters. The molecule has 0 heterocycles. The molecule has 0 fully saturated rings.